The number of hydrogen-bond acceptors (Lipinski definition) is 4. The number of hydrogen-bond donors (Lipinski definition) is 1. The summed E-state index contributed by atoms with van der Waals surface area (Å²) in [6, 6.07) is 9.73. The molecule has 4 nitrogen and oxygen atoms in total. The standard InChI is InChI=1S/C14H19NO3/c1-11(2)10-18-14(16)13(15-17)9-8-12-6-4-3-5-7-12/h3-7,11,17H,8-10H2,1-2H3. The first-order valence-corrected chi connectivity index (χ1v) is 6.05. The molecule has 0 aliphatic heterocycles. The molecule has 0 saturated carbocycles. The SMILES string of the molecule is CC(C)COC(=O)C(CCc1ccccc1)=NO. The van der Waals surface area contributed by atoms with E-state index in [1.807, 2.05) is 44.2 Å². The fraction of sp³-hybridized carbons (Fsp3) is 0.429. The molecule has 0 unspecified atom stereocenters. The van der Waals surface area contributed by atoms with Crippen molar-refractivity contribution in [3.05, 3.63) is 35.9 Å². The highest BCUT2D eigenvalue weighted by atomic mass is 16.5. The van der Waals surface area contributed by atoms with Gasteiger partial charge in [-0.15, -0.1) is 0 Å². The normalized spacial score (nSPS) is 11.6. The molecule has 0 fully saturated rings. The molecule has 0 aliphatic rings. The van der Waals surface area contributed by atoms with Crippen LogP contribution < -0.4 is 0 Å². The van der Waals surface area contributed by atoms with E-state index in [1.165, 1.54) is 0 Å². The van der Waals surface area contributed by atoms with Gasteiger partial charge in [-0.05, 0) is 17.9 Å². The van der Waals surface area contributed by atoms with Gasteiger partial charge in [0.05, 0.1) is 6.61 Å². The molecule has 18 heavy (non-hydrogen) atoms. The summed E-state index contributed by atoms with van der Waals surface area (Å²) in [7, 11) is 0. The highest BCUT2D eigenvalue weighted by molar-refractivity contribution is 6.36. The van der Waals surface area contributed by atoms with Gasteiger partial charge in [0.15, 0.2) is 5.71 Å². The molecule has 0 atom stereocenters. The smallest absolute Gasteiger partial charge is 0.356 e. The second-order valence-corrected chi connectivity index (χ2v) is 4.52. The number of rotatable bonds is 6. The second kappa shape index (κ2) is 7.48. The third kappa shape index (κ3) is 4.99. The predicted octanol–water partition coefficient (Wildman–Crippen LogP) is 2.65. The van der Waals surface area contributed by atoms with Gasteiger partial charge >= 0.3 is 5.97 Å². The molecule has 4 heteroatoms. The van der Waals surface area contributed by atoms with E-state index in [-0.39, 0.29) is 11.6 Å². The second-order valence-electron chi connectivity index (χ2n) is 4.52. The van der Waals surface area contributed by atoms with Crippen LogP contribution in [0.25, 0.3) is 0 Å². The molecule has 0 aliphatic carbocycles. The summed E-state index contributed by atoms with van der Waals surface area (Å²) in [6.07, 6.45) is 1.02. The van der Waals surface area contributed by atoms with Crippen LogP contribution in [-0.2, 0) is 16.0 Å². The van der Waals surface area contributed by atoms with E-state index >= 15 is 0 Å². The van der Waals surface area contributed by atoms with Gasteiger partial charge in [0, 0.05) is 6.42 Å². The zero-order valence-corrected chi connectivity index (χ0v) is 10.8. The molecule has 0 radical (unpaired) electrons. The van der Waals surface area contributed by atoms with Gasteiger partial charge < -0.3 is 9.94 Å². The van der Waals surface area contributed by atoms with Crippen LogP contribution in [0.3, 0.4) is 0 Å². The van der Waals surface area contributed by atoms with Gasteiger partial charge in [0.25, 0.3) is 0 Å². The molecule has 0 heterocycles. The average molecular weight is 249 g/mol. The summed E-state index contributed by atoms with van der Waals surface area (Å²) in [5.74, 6) is -0.273. The lowest BCUT2D eigenvalue weighted by atomic mass is 10.1. The summed E-state index contributed by atoms with van der Waals surface area (Å²) in [5, 5.41) is 11.8. The van der Waals surface area contributed by atoms with E-state index in [0.29, 0.717) is 19.4 Å². The molecule has 1 aromatic carbocycles. The third-order valence-electron chi connectivity index (χ3n) is 2.40. The van der Waals surface area contributed by atoms with E-state index in [1.54, 1.807) is 0 Å². The molecule has 98 valence electrons. The van der Waals surface area contributed by atoms with Crippen LogP contribution >= 0.6 is 0 Å². The van der Waals surface area contributed by atoms with Crippen molar-refractivity contribution in [1.29, 1.82) is 0 Å². The van der Waals surface area contributed by atoms with Crippen LogP contribution in [0.4, 0.5) is 0 Å². The number of nitrogens with zero attached hydrogens (tertiary/aromatic N) is 1. The summed E-state index contributed by atoms with van der Waals surface area (Å²) in [6.45, 7) is 4.24. The highest BCUT2D eigenvalue weighted by Gasteiger charge is 2.14. The van der Waals surface area contributed by atoms with E-state index in [9.17, 15) is 4.79 Å². The van der Waals surface area contributed by atoms with Gasteiger partial charge in [-0.25, -0.2) is 4.79 Å². The number of ether oxygens (including phenoxy) is 1. The Morgan fingerprint density at radius 1 is 1.33 bits per heavy atom. The lowest BCUT2D eigenvalue weighted by Crippen LogP contribution is -2.20. The van der Waals surface area contributed by atoms with Crippen LogP contribution in [-0.4, -0.2) is 23.5 Å². The first-order chi connectivity index (χ1) is 8.63. The van der Waals surface area contributed by atoms with Crippen molar-refractivity contribution in [3.63, 3.8) is 0 Å². The minimum Gasteiger partial charge on any atom is -0.461 e. The van der Waals surface area contributed by atoms with Gasteiger partial charge in [0.1, 0.15) is 0 Å². The monoisotopic (exact) mass is 249 g/mol. The maximum Gasteiger partial charge on any atom is 0.356 e. The molecule has 1 aromatic rings. The van der Waals surface area contributed by atoms with Crippen molar-refractivity contribution in [2.24, 2.45) is 11.1 Å². The van der Waals surface area contributed by atoms with E-state index in [4.69, 9.17) is 9.94 Å². The first-order valence-electron chi connectivity index (χ1n) is 6.05. The summed E-state index contributed by atoms with van der Waals surface area (Å²) in [5.41, 5.74) is 1.16. The minimum absolute atomic E-state index is 0.0690. The van der Waals surface area contributed by atoms with Crippen molar-refractivity contribution in [2.75, 3.05) is 6.61 Å². The zero-order chi connectivity index (χ0) is 13.4. The number of carbonyl (C=O) groups is 1. The summed E-state index contributed by atoms with van der Waals surface area (Å²) in [4.78, 5) is 11.6. The molecule has 0 spiro atoms. The number of benzene rings is 1. The maximum atomic E-state index is 11.6. The van der Waals surface area contributed by atoms with Crippen molar-refractivity contribution in [2.45, 2.75) is 26.7 Å². The molecule has 0 aromatic heterocycles. The molecular weight excluding hydrogens is 230 g/mol. The largest absolute Gasteiger partial charge is 0.461 e. The average Bonchev–Trinajstić information content (AvgIpc) is 2.38. The fourth-order valence-corrected chi connectivity index (χ4v) is 1.43. The minimum atomic E-state index is -0.540. The lowest BCUT2D eigenvalue weighted by molar-refractivity contribution is -0.136. The van der Waals surface area contributed by atoms with Crippen molar-refractivity contribution in [1.82, 2.24) is 0 Å². The number of oxime groups is 1. The van der Waals surface area contributed by atoms with E-state index in [0.717, 1.165) is 5.56 Å². The van der Waals surface area contributed by atoms with Gasteiger partial charge in [-0.1, -0.05) is 49.3 Å². The van der Waals surface area contributed by atoms with Crippen LogP contribution in [0, 0.1) is 5.92 Å². The Bertz CT molecular complexity index is 399. The van der Waals surface area contributed by atoms with Crippen LogP contribution in [0.15, 0.2) is 35.5 Å². The molecule has 0 amide bonds. The molecule has 0 saturated heterocycles. The van der Waals surface area contributed by atoms with E-state index < -0.39 is 5.97 Å². The third-order valence-corrected chi connectivity index (χ3v) is 2.40. The Labute approximate surface area is 107 Å². The topological polar surface area (TPSA) is 58.9 Å². The summed E-state index contributed by atoms with van der Waals surface area (Å²) >= 11 is 0. The molecule has 0 bridgehead atoms. The zero-order valence-electron chi connectivity index (χ0n) is 10.8. The van der Waals surface area contributed by atoms with Gasteiger partial charge in [0.2, 0.25) is 0 Å². The number of carbonyl (C=O) groups excluding carboxylic acids is 1. The Morgan fingerprint density at radius 3 is 2.56 bits per heavy atom. The quantitative estimate of drug-likeness (QED) is 0.365. The van der Waals surface area contributed by atoms with Crippen LogP contribution in [0.5, 0.6) is 0 Å². The van der Waals surface area contributed by atoms with Crippen molar-refractivity contribution in [3.8, 4) is 0 Å². The first kappa shape index (κ1) is 14.2. The van der Waals surface area contributed by atoms with E-state index in [2.05, 4.69) is 5.16 Å². The van der Waals surface area contributed by atoms with Crippen molar-refractivity contribution < 1.29 is 14.7 Å². The Balaban J connectivity index is 2.45. The Morgan fingerprint density at radius 2 is 2.00 bits per heavy atom. The molecule has 1 rings (SSSR count). The Hall–Kier alpha value is -1.84. The number of aryl methyl sites for hydroxylation is 1. The van der Waals surface area contributed by atoms with Gasteiger partial charge in [-0.2, -0.15) is 0 Å². The van der Waals surface area contributed by atoms with Gasteiger partial charge in [-0.3, -0.25) is 0 Å². The highest BCUT2D eigenvalue weighted by Crippen LogP contribution is 2.05. The predicted molar refractivity (Wildman–Crippen MR) is 69.8 cm³/mol. The van der Waals surface area contributed by atoms with Crippen LogP contribution in [0.2, 0.25) is 0 Å². The Kier molecular flexibility index (Phi) is 5.91. The fourth-order valence-electron chi connectivity index (χ4n) is 1.43. The lowest BCUT2D eigenvalue weighted by Gasteiger charge is -2.08. The maximum absolute atomic E-state index is 11.6. The van der Waals surface area contributed by atoms with Crippen LogP contribution in [0.1, 0.15) is 25.8 Å². The molecular formula is C14H19NO3. The van der Waals surface area contributed by atoms with Crippen molar-refractivity contribution >= 4 is 11.7 Å². The summed E-state index contributed by atoms with van der Waals surface area (Å²) < 4.78 is 5.02. The number of esters is 1. The molecule has 1 N–H and O–H groups in total.